The Morgan fingerprint density at radius 1 is 1.12 bits per heavy atom. The van der Waals surface area contributed by atoms with Crippen LogP contribution in [-0.4, -0.2) is 51.1 Å². The van der Waals surface area contributed by atoms with Crippen LogP contribution in [-0.2, 0) is 30.3 Å². The molecule has 0 aromatic heterocycles. The van der Waals surface area contributed by atoms with Crippen LogP contribution >= 0.6 is 0 Å². The number of halogens is 1. The summed E-state index contributed by atoms with van der Waals surface area (Å²) in [5, 5.41) is 6.64. The zero-order valence-electron chi connectivity index (χ0n) is 18.2. The lowest BCUT2D eigenvalue weighted by atomic mass is 9.93. The second-order valence-corrected chi connectivity index (χ2v) is 7.48. The highest BCUT2D eigenvalue weighted by Crippen LogP contribution is 2.23. The number of ether oxygens (including phenoxy) is 2. The zero-order valence-corrected chi connectivity index (χ0v) is 18.2. The van der Waals surface area contributed by atoms with Gasteiger partial charge < -0.3 is 19.6 Å². The van der Waals surface area contributed by atoms with Gasteiger partial charge in [-0.2, -0.15) is 0 Å². The van der Waals surface area contributed by atoms with Gasteiger partial charge in [-0.25, -0.2) is 9.18 Å². The van der Waals surface area contributed by atoms with E-state index in [4.69, 9.17) is 14.3 Å². The number of hydrogen-bond donors (Lipinski definition) is 1. The Hall–Kier alpha value is -3.26. The molecule has 1 atom stereocenters. The van der Waals surface area contributed by atoms with Gasteiger partial charge in [0.15, 0.2) is 0 Å². The molecule has 0 radical (unpaired) electrons. The van der Waals surface area contributed by atoms with Gasteiger partial charge in [0, 0.05) is 31.1 Å². The minimum Gasteiger partial charge on any atom is -0.467 e. The normalized spacial score (nSPS) is 15.7. The van der Waals surface area contributed by atoms with E-state index in [1.165, 1.54) is 20.3 Å². The highest BCUT2D eigenvalue weighted by atomic mass is 19.1. The van der Waals surface area contributed by atoms with Crippen molar-refractivity contribution in [1.29, 1.82) is 0 Å². The highest BCUT2D eigenvalue weighted by molar-refractivity contribution is 6.39. The number of benzene rings is 2. The van der Waals surface area contributed by atoms with Crippen molar-refractivity contribution in [2.75, 3.05) is 27.4 Å². The Labute approximate surface area is 186 Å². The molecule has 0 unspecified atom stereocenters. The fourth-order valence-electron chi connectivity index (χ4n) is 3.69. The van der Waals surface area contributed by atoms with Gasteiger partial charge >= 0.3 is 5.97 Å². The van der Waals surface area contributed by atoms with Gasteiger partial charge in [-0.1, -0.05) is 47.6 Å². The minimum atomic E-state index is -0.909. The van der Waals surface area contributed by atoms with Crippen LogP contribution in [0.25, 0.3) is 11.1 Å². The lowest BCUT2D eigenvalue weighted by Gasteiger charge is -2.24. The predicted octanol–water partition coefficient (Wildman–Crippen LogP) is 3.12. The third-order valence-corrected chi connectivity index (χ3v) is 5.40. The molecule has 2 aromatic rings. The molecule has 1 amide bonds. The molecule has 1 heterocycles. The molecule has 8 heteroatoms. The molecule has 1 N–H and O–H groups in total. The van der Waals surface area contributed by atoms with Crippen LogP contribution < -0.4 is 5.32 Å². The van der Waals surface area contributed by atoms with Gasteiger partial charge in [-0.05, 0) is 30.0 Å². The van der Waals surface area contributed by atoms with E-state index in [0.29, 0.717) is 31.6 Å². The molecule has 2 aromatic carbocycles. The third kappa shape index (κ3) is 5.91. The number of amides is 1. The Bertz CT molecular complexity index is 955. The number of carbonyl (C=O) groups is 2. The largest absolute Gasteiger partial charge is 0.467 e. The van der Waals surface area contributed by atoms with Gasteiger partial charge in [0.2, 0.25) is 0 Å². The maximum Gasteiger partial charge on any atom is 0.328 e. The first-order valence-corrected chi connectivity index (χ1v) is 10.4. The van der Waals surface area contributed by atoms with Crippen molar-refractivity contribution in [3.05, 3.63) is 59.9 Å². The van der Waals surface area contributed by atoms with Crippen LogP contribution in [0, 0.1) is 11.7 Å². The first-order chi connectivity index (χ1) is 15.5. The molecule has 0 bridgehead atoms. The Balaban J connectivity index is 1.73. The number of methoxy groups -OCH3 is 1. The van der Waals surface area contributed by atoms with Gasteiger partial charge in [-0.15, -0.1) is 0 Å². The molecule has 0 saturated carbocycles. The number of esters is 1. The van der Waals surface area contributed by atoms with Crippen molar-refractivity contribution in [2.24, 2.45) is 11.1 Å². The Morgan fingerprint density at radius 3 is 2.44 bits per heavy atom. The molecule has 0 spiro atoms. The van der Waals surface area contributed by atoms with E-state index in [0.717, 1.165) is 11.1 Å². The summed E-state index contributed by atoms with van der Waals surface area (Å²) in [4.78, 5) is 30.2. The van der Waals surface area contributed by atoms with Crippen molar-refractivity contribution >= 4 is 17.6 Å². The van der Waals surface area contributed by atoms with Gasteiger partial charge in [0.05, 0.1) is 7.11 Å². The quantitative estimate of drug-likeness (QED) is 0.386. The summed E-state index contributed by atoms with van der Waals surface area (Å²) in [7, 11) is 2.65. The molecule has 7 nitrogen and oxygen atoms in total. The topological polar surface area (TPSA) is 86.2 Å². The maximum atomic E-state index is 14.0. The summed E-state index contributed by atoms with van der Waals surface area (Å²) >= 11 is 0. The van der Waals surface area contributed by atoms with Gasteiger partial charge in [-0.3, -0.25) is 4.79 Å². The molecule has 1 saturated heterocycles. The molecular weight excluding hydrogens is 415 g/mol. The average molecular weight is 442 g/mol. The minimum absolute atomic E-state index is 0.109. The summed E-state index contributed by atoms with van der Waals surface area (Å²) < 4.78 is 24.3. The summed E-state index contributed by atoms with van der Waals surface area (Å²) in [6, 6.07) is 12.8. The van der Waals surface area contributed by atoms with Crippen molar-refractivity contribution in [3.8, 4) is 11.1 Å². The fraction of sp³-hybridized carbons (Fsp3) is 0.375. The SMILES string of the molecule is CON=C(C(=O)N[C@@H](Cc1ccc(-c2ccccc2F)cc1)C(=O)OC)C1CCOCC1. The zero-order chi connectivity index (χ0) is 22.9. The van der Waals surface area contributed by atoms with Crippen LogP contribution in [0.2, 0.25) is 0 Å². The maximum absolute atomic E-state index is 14.0. The Kier molecular flexibility index (Phi) is 8.33. The lowest BCUT2D eigenvalue weighted by Crippen LogP contribution is -2.47. The van der Waals surface area contributed by atoms with E-state index in [-0.39, 0.29) is 23.9 Å². The van der Waals surface area contributed by atoms with Crippen LogP contribution in [0.15, 0.2) is 53.7 Å². The van der Waals surface area contributed by atoms with E-state index in [1.807, 2.05) is 0 Å². The average Bonchev–Trinajstić information content (AvgIpc) is 2.83. The first kappa shape index (κ1) is 23.4. The number of carbonyl (C=O) groups excluding carboxylic acids is 2. The standard InChI is InChI=1S/C24H27FN2O5/c1-30-24(29)21(26-23(28)22(27-31-2)18-11-13-32-14-12-18)15-16-7-9-17(10-8-16)19-5-3-4-6-20(19)25/h3-10,18,21H,11-15H2,1-2H3,(H,26,28)/t21-/m0/s1. The lowest BCUT2D eigenvalue weighted by molar-refractivity contribution is -0.144. The van der Waals surface area contributed by atoms with Crippen LogP contribution in [0.4, 0.5) is 4.39 Å². The predicted molar refractivity (Wildman–Crippen MR) is 117 cm³/mol. The summed E-state index contributed by atoms with van der Waals surface area (Å²) in [6.45, 7) is 1.07. The van der Waals surface area contributed by atoms with Crippen molar-refractivity contribution in [3.63, 3.8) is 0 Å². The molecule has 1 fully saturated rings. The van der Waals surface area contributed by atoms with Crippen molar-refractivity contribution in [2.45, 2.75) is 25.3 Å². The van der Waals surface area contributed by atoms with Crippen molar-refractivity contribution in [1.82, 2.24) is 5.32 Å². The number of oxime groups is 1. The fourth-order valence-corrected chi connectivity index (χ4v) is 3.69. The van der Waals surface area contributed by atoms with Gasteiger partial charge in [0.1, 0.15) is 24.7 Å². The van der Waals surface area contributed by atoms with E-state index in [9.17, 15) is 14.0 Å². The van der Waals surface area contributed by atoms with E-state index >= 15 is 0 Å². The number of nitrogens with one attached hydrogen (secondary N) is 1. The van der Waals surface area contributed by atoms with Crippen LogP contribution in [0.3, 0.4) is 0 Å². The van der Waals surface area contributed by atoms with E-state index in [1.54, 1.807) is 42.5 Å². The van der Waals surface area contributed by atoms with Crippen LogP contribution in [0.1, 0.15) is 18.4 Å². The molecule has 170 valence electrons. The summed E-state index contributed by atoms with van der Waals surface area (Å²) in [5.74, 6) is -1.46. The summed E-state index contributed by atoms with van der Waals surface area (Å²) in [5.41, 5.74) is 2.24. The van der Waals surface area contributed by atoms with Gasteiger partial charge in [0.25, 0.3) is 5.91 Å². The first-order valence-electron chi connectivity index (χ1n) is 10.4. The molecule has 3 rings (SSSR count). The highest BCUT2D eigenvalue weighted by Gasteiger charge is 2.30. The number of nitrogens with zero attached hydrogens (tertiary/aromatic N) is 1. The van der Waals surface area contributed by atoms with Crippen LogP contribution in [0.5, 0.6) is 0 Å². The molecule has 32 heavy (non-hydrogen) atoms. The third-order valence-electron chi connectivity index (χ3n) is 5.40. The monoisotopic (exact) mass is 442 g/mol. The second kappa shape index (κ2) is 11.4. The summed E-state index contributed by atoms with van der Waals surface area (Å²) in [6.07, 6.45) is 1.51. The molecule has 0 aliphatic carbocycles. The molecular formula is C24H27FN2O5. The Morgan fingerprint density at radius 2 is 1.81 bits per heavy atom. The molecule has 1 aliphatic heterocycles. The number of rotatable bonds is 8. The van der Waals surface area contributed by atoms with E-state index in [2.05, 4.69) is 10.5 Å². The second-order valence-electron chi connectivity index (χ2n) is 7.48. The van der Waals surface area contributed by atoms with Crippen molar-refractivity contribution < 1.29 is 28.3 Å². The number of hydrogen-bond acceptors (Lipinski definition) is 6. The smallest absolute Gasteiger partial charge is 0.328 e. The van der Waals surface area contributed by atoms with E-state index < -0.39 is 17.9 Å². The molecule has 1 aliphatic rings.